The van der Waals surface area contributed by atoms with Gasteiger partial charge in [-0.1, -0.05) is 0 Å². The number of hydrogen-bond donors (Lipinski definition) is 1. The van der Waals surface area contributed by atoms with Crippen LogP contribution in [0.1, 0.15) is 5.56 Å². The molecular formula is C14H10N4. The summed E-state index contributed by atoms with van der Waals surface area (Å²) in [4.78, 5) is 0. The molecule has 0 spiro atoms. The van der Waals surface area contributed by atoms with Crippen LogP contribution in [-0.2, 0) is 0 Å². The third-order valence-corrected chi connectivity index (χ3v) is 2.83. The molecule has 0 fully saturated rings. The topological polar surface area (TPSA) is 67.6 Å². The second-order valence-corrected chi connectivity index (χ2v) is 4.03. The largest absolute Gasteiger partial charge is 0.399 e. The van der Waals surface area contributed by atoms with E-state index in [-0.39, 0.29) is 0 Å². The number of benzene rings is 2. The van der Waals surface area contributed by atoms with Crippen LogP contribution in [0.3, 0.4) is 0 Å². The zero-order valence-electron chi connectivity index (χ0n) is 9.54. The highest BCUT2D eigenvalue weighted by Gasteiger charge is 2.04. The zero-order chi connectivity index (χ0) is 12.5. The van der Waals surface area contributed by atoms with Crippen LogP contribution in [0.25, 0.3) is 16.6 Å². The van der Waals surface area contributed by atoms with Gasteiger partial charge in [0.15, 0.2) is 0 Å². The molecule has 0 amide bonds. The van der Waals surface area contributed by atoms with E-state index >= 15 is 0 Å². The Morgan fingerprint density at radius 3 is 2.61 bits per heavy atom. The smallest absolute Gasteiger partial charge is 0.0991 e. The fraction of sp³-hybridized carbons (Fsp3) is 0. The summed E-state index contributed by atoms with van der Waals surface area (Å²) in [6, 6.07) is 15.1. The lowest BCUT2D eigenvalue weighted by molar-refractivity contribution is 0.910. The van der Waals surface area contributed by atoms with Crippen LogP contribution in [0.15, 0.2) is 48.7 Å². The quantitative estimate of drug-likeness (QED) is 0.658. The van der Waals surface area contributed by atoms with Crippen LogP contribution in [0.5, 0.6) is 0 Å². The Hall–Kier alpha value is -2.80. The molecule has 0 aliphatic rings. The molecule has 2 aromatic carbocycles. The minimum absolute atomic E-state index is 0.638. The minimum Gasteiger partial charge on any atom is -0.399 e. The van der Waals surface area contributed by atoms with E-state index in [0.29, 0.717) is 5.56 Å². The van der Waals surface area contributed by atoms with Crippen molar-refractivity contribution in [1.29, 1.82) is 5.26 Å². The van der Waals surface area contributed by atoms with Crippen molar-refractivity contribution in [2.24, 2.45) is 0 Å². The molecule has 0 radical (unpaired) electrons. The second-order valence-electron chi connectivity index (χ2n) is 4.03. The summed E-state index contributed by atoms with van der Waals surface area (Å²) >= 11 is 0. The molecule has 2 N–H and O–H groups in total. The number of rotatable bonds is 1. The number of nitrogens with two attached hydrogens (primary N) is 1. The van der Waals surface area contributed by atoms with Gasteiger partial charge in [-0.25, -0.2) is 4.68 Å². The molecule has 0 saturated heterocycles. The van der Waals surface area contributed by atoms with E-state index in [0.717, 1.165) is 22.3 Å². The highest BCUT2D eigenvalue weighted by Crippen LogP contribution is 2.20. The van der Waals surface area contributed by atoms with Crippen LogP contribution < -0.4 is 5.73 Å². The highest BCUT2D eigenvalue weighted by atomic mass is 15.3. The predicted molar refractivity (Wildman–Crippen MR) is 70.2 cm³/mol. The monoisotopic (exact) mass is 234 g/mol. The Morgan fingerprint density at radius 1 is 1.11 bits per heavy atom. The lowest BCUT2D eigenvalue weighted by Gasteiger charge is -2.03. The summed E-state index contributed by atoms with van der Waals surface area (Å²) in [6.45, 7) is 0. The number of hydrogen-bond acceptors (Lipinski definition) is 3. The van der Waals surface area contributed by atoms with Crippen molar-refractivity contribution in [1.82, 2.24) is 9.78 Å². The molecule has 0 atom stereocenters. The fourth-order valence-corrected chi connectivity index (χ4v) is 1.93. The van der Waals surface area contributed by atoms with Crippen LogP contribution in [0, 0.1) is 11.3 Å². The lowest BCUT2D eigenvalue weighted by Crippen LogP contribution is -1.95. The molecule has 4 nitrogen and oxygen atoms in total. The summed E-state index contributed by atoms with van der Waals surface area (Å²) in [6.07, 6.45) is 1.78. The molecule has 3 rings (SSSR count). The molecule has 4 heteroatoms. The maximum Gasteiger partial charge on any atom is 0.0991 e. The van der Waals surface area contributed by atoms with Crippen LogP contribution >= 0.6 is 0 Å². The number of fused-ring (bicyclic) bond motifs is 1. The van der Waals surface area contributed by atoms with Gasteiger partial charge >= 0.3 is 0 Å². The number of nitrogens with zero attached hydrogens (tertiary/aromatic N) is 3. The predicted octanol–water partition coefficient (Wildman–Crippen LogP) is 2.48. The van der Waals surface area contributed by atoms with Gasteiger partial charge in [0.05, 0.1) is 29.0 Å². The Kier molecular flexibility index (Phi) is 2.24. The molecular weight excluding hydrogens is 224 g/mol. The average Bonchev–Trinajstić information content (AvgIpc) is 2.81. The molecule has 18 heavy (non-hydrogen) atoms. The van der Waals surface area contributed by atoms with Crippen LogP contribution in [-0.4, -0.2) is 9.78 Å². The Bertz CT molecular complexity index is 748. The third-order valence-electron chi connectivity index (χ3n) is 2.83. The Morgan fingerprint density at radius 2 is 1.89 bits per heavy atom. The summed E-state index contributed by atoms with van der Waals surface area (Å²) < 4.78 is 1.83. The molecule has 3 aromatic rings. The SMILES string of the molecule is N#Cc1ccc(-n2ncc3cc(N)ccc32)cc1. The molecule has 0 unspecified atom stereocenters. The number of aromatic nitrogens is 2. The summed E-state index contributed by atoms with van der Waals surface area (Å²) in [5, 5.41) is 14.1. The Labute approximate surface area is 104 Å². The van der Waals surface area contributed by atoms with Gasteiger partial charge in [-0.15, -0.1) is 0 Å². The minimum atomic E-state index is 0.638. The maximum atomic E-state index is 8.78. The molecule has 0 saturated carbocycles. The standard InChI is InChI=1S/C14H10N4/c15-8-10-1-4-13(5-2-10)18-14-6-3-12(16)7-11(14)9-17-18/h1-7,9H,16H2. The first-order valence-corrected chi connectivity index (χ1v) is 5.52. The van der Waals surface area contributed by atoms with E-state index in [4.69, 9.17) is 11.0 Å². The van der Waals surface area contributed by atoms with E-state index < -0.39 is 0 Å². The number of nitrogen functional groups attached to an aromatic ring is 1. The lowest BCUT2D eigenvalue weighted by atomic mass is 10.2. The summed E-state index contributed by atoms with van der Waals surface area (Å²) in [5.74, 6) is 0. The van der Waals surface area contributed by atoms with Gasteiger partial charge in [0.1, 0.15) is 0 Å². The summed E-state index contributed by atoms with van der Waals surface area (Å²) in [5.41, 5.74) is 9.02. The first-order valence-electron chi connectivity index (χ1n) is 5.52. The zero-order valence-corrected chi connectivity index (χ0v) is 9.54. The van der Waals surface area contributed by atoms with Gasteiger partial charge in [0.25, 0.3) is 0 Å². The van der Waals surface area contributed by atoms with E-state index in [9.17, 15) is 0 Å². The molecule has 86 valence electrons. The molecule has 1 heterocycles. The van der Waals surface area contributed by atoms with E-state index in [2.05, 4.69) is 11.2 Å². The first kappa shape index (κ1) is 10.4. The van der Waals surface area contributed by atoms with Crippen molar-refractivity contribution in [3.63, 3.8) is 0 Å². The van der Waals surface area contributed by atoms with Crippen LogP contribution in [0.2, 0.25) is 0 Å². The van der Waals surface area contributed by atoms with Gasteiger partial charge in [0, 0.05) is 11.1 Å². The Balaban J connectivity index is 2.16. The summed E-state index contributed by atoms with van der Waals surface area (Å²) in [7, 11) is 0. The van der Waals surface area contributed by atoms with Crippen molar-refractivity contribution in [2.45, 2.75) is 0 Å². The molecule has 0 bridgehead atoms. The molecule has 1 aromatic heterocycles. The van der Waals surface area contributed by atoms with Gasteiger partial charge in [-0.3, -0.25) is 0 Å². The average molecular weight is 234 g/mol. The van der Waals surface area contributed by atoms with E-state index in [1.165, 1.54) is 0 Å². The fourth-order valence-electron chi connectivity index (χ4n) is 1.93. The molecule has 0 aliphatic carbocycles. The van der Waals surface area contributed by atoms with E-state index in [1.807, 2.05) is 35.0 Å². The highest BCUT2D eigenvalue weighted by molar-refractivity contribution is 5.83. The number of nitriles is 1. The van der Waals surface area contributed by atoms with Crippen molar-refractivity contribution in [2.75, 3.05) is 5.73 Å². The second kappa shape index (κ2) is 3.90. The van der Waals surface area contributed by atoms with Gasteiger partial charge in [-0.05, 0) is 42.5 Å². The van der Waals surface area contributed by atoms with Crippen molar-refractivity contribution in [3.8, 4) is 11.8 Å². The molecule has 0 aliphatic heterocycles. The normalized spacial score (nSPS) is 10.4. The van der Waals surface area contributed by atoms with Crippen molar-refractivity contribution >= 4 is 16.6 Å². The van der Waals surface area contributed by atoms with Crippen molar-refractivity contribution in [3.05, 3.63) is 54.2 Å². The van der Waals surface area contributed by atoms with Gasteiger partial charge in [0.2, 0.25) is 0 Å². The van der Waals surface area contributed by atoms with Crippen LogP contribution in [0.4, 0.5) is 5.69 Å². The number of anilines is 1. The van der Waals surface area contributed by atoms with Gasteiger partial charge < -0.3 is 5.73 Å². The van der Waals surface area contributed by atoms with Crippen molar-refractivity contribution < 1.29 is 0 Å². The first-order chi connectivity index (χ1) is 8.78. The maximum absolute atomic E-state index is 8.78. The van der Waals surface area contributed by atoms with Gasteiger partial charge in [-0.2, -0.15) is 10.4 Å². The third kappa shape index (κ3) is 1.59. The van der Waals surface area contributed by atoms with E-state index in [1.54, 1.807) is 18.3 Å².